The smallest absolute Gasteiger partial charge is 0.303 e. The Kier molecular flexibility index (Phi) is 7.08. The first-order valence-corrected chi connectivity index (χ1v) is 6.56. The Morgan fingerprint density at radius 1 is 0.900 bits per heavy atom. The molecule has 0 saturated carbocycles. The van der Waals surface area contributed by atoms with Gasteiger partial charge < -0.3 is 10.2 Å². The second-order valence-electron chi connectivity index (χ2n) is 4.36. The Morgan fingerprint density at radius 2 is 1.30 bits per heavy atom. The third-order valence-corrected chi connectivity index (χ3v) is 2.71. The largest absolute Gasteiger partial charge is 0.481 e. The van der Waals surface area contributed by atoms with Crippen molar-refractivity contribution in [2.24, 2.45) is 9.98 Å². The Morgan fingerprint density at radius 3 is 1.55 bits per heavy atom. The lowest BCUT2D eigenvalue weighted by molar-refractivity contribution is -0.139. The number of hydrazine groups is 1. The molecule has 20 heavy (non-hydrogen) atoms. The van der Waals surface area contributed by atoms with Crippen LogP contribution < -0.4 is 0 Å². The Labute approximate surface area is 117 Å². The minimum absolute atomic E-state index is 0.0628. The van der Waals surface area contributed by atoms with Gasteiger partial charge in [-0.3, -0.25) is 29.6 Å². The summed E-state index contributed by atoms with van der Waals surface area (Å²) in [6, 6.07) is 0. The molecule has 0 fully saturated rings. The van der Waals surface area contributed by atoms with Gasteiger partial charge in [-0.25, -0.2) is 0 Å². The second kappa shape index (κ2) is 8.89. The van der Waals surface area contributed by atoms with Crippen LogP contribution in [-0.2, 0) is 9.59 Å². The van der Waals surface area contributed by atoms with E-state index in [1.807, 2.05) is 12.7 Å². The van der Waals surface area contributed by atoms with E-state index < -0.39 is 11.9 Å². The molecule has 8 nitrogen and oxygen atoms in total. The van der Waals surface area contributed by atoms with Gasteiger partial charge in [0.05, 0.1) is 26.2 Å². The first-order valence-electron chi connectivity index (χ1n) is 6.56. The Balaban J connectivity index is 0.000000200. The zero-order valence-corrected chi connectivity index (χ0v) is 11.3. The highest BCUT2D eigenvalue weighted by Gasteiger charge is 2.14. The lowest BCUT2D eigenvalue weighted by atomic mass is 10.2. The fourth-order valence-corrected chi connectivity index (χ4v) is 1.68. The number of hydrogen-bond donors (Lipinski definition) is 2. The van der Waals surface area contributed by atoms with Gasteiger partial charge in [-0.2, -0.15) is 0 Å². The summed E-state index contributed by atoms with van der Waals surface area (Å²) in [5.41, 5.74) is 0. The number of carboxylic acids is 2. The molecule has 0 aromatic rings. The number of rotatable bonds is 6. The summed E-state index contributed by atoms with van der Waals surface area (Å²) in [5.74, 6) is -1.74. The zero-order valence-electron chi connectivity index (χ0n) is 11.3. The van der Waals surface area contributed by atoms with Gasteiger partial charge in [0.1, 0.15) is 12.7 Å². The molecule has 0 aromatic carbocycles. The van der Waals surface area contributed by atoms with E-state index in [-0.39, 0.29) is 12.8 Å². The van der Waals surface area contributed by atoms with Crippen LogP contribution in [0.5, 0.6) is 0 Å². The summed E-state index contributed by atoms with van der Waals surface area (Å²) in [4.78, 5) is 28.0. The van der Waals surface area contributed by atoms with E-state index in [0.29, 0.717) is 12.8 Å². The first kappa shape index (κ1) is 15.9. The van der Waals surface area contributed by atoms with Crippen LogP contribution in [0.4, 0.5) is 0 Å². The van der Waals surface area contributed by atoms with Crippen LogP contribution in [-0.4, -0.2) is 71.0 Å². The van der Waals surface area contributed by atoms with E-state index in [2.05, 4.69) is 20.0 Å². The van der Waals surface area contributed by atoms with Crippen molar-refractivity contribution in [2.75, 3.05) is 26.2 Å². The second-order valence-corrected chi connectivity index (χ2v) is 4.36. The minimum atomic E-state index is -0.870. The molecule has 0 saturated heterocycles. The van der Waals surface area contributed by atoms with Crippen LogP contribution in [0, 0.1) is 0 Å². The summed E-state index contributed by atoms with van der Waals surface area (Å²) < 4.78 is 0. The highest BCUT2D eigenvalue weighted by atomic mass is 16.4. The Bertz CT molecular complexity index is 348. The molecular formula is C12H20N4O4. The highest BCUT2D eigenvalue weighted by molar-refractivity contribution is 5.68. The first-order chi connectivity index (χ1) is 9.59. The average Bonchev–Trinajstić information content (AvgIpc) is 3.05. The number of unbranched alkanes of at least 4 members (excludes halogenated alkanes) is 1. The van der Waals surface area contributed by atoms with Gasteiger partial charge in [0.15, 0.2) is 0 Å². The average molecular weight is 284 g/mol. The molecule has 0 atom stereocenters. The van der Waals surface area contributed by atoms with E-state index >= 15 is 0 Å². The maximum absolute atomic E-state index is 9.90. The van der Waals surface area contributed by atoms with E-state index in [4.69, 9.17) is 10.2 Å². The van der Waals surface area contributed by atoms with Gasteiger partial charge in [0.25, 0.3) is 0 Å². The third-order valence-electron chi connectivity index (χ3n) is 2.71. The van der Waals surface area contributed by atoms with Gasteiger partial charge >= 0.3 is 11.9 Å². The van der Waals surface area contributed by atoms with E-state index in [0.717, 1.165) is 26.2 Å². The van der Waals surface area contributed by atoms with Gasteiger partial charge in [0.2, 0.25) is 0 Å². The summed E-state index contributed by atoms with van der Waals surface area (Å²) in [6.07, 6.45) is 4.76. The van der Waals surface area contributed by atoms with Crippen LogP contribution in [0.25, 0.3) is 0 Å². The number of hydrogen-bond acceptors (Lipinski definition) is 6. The third kappa shape index (κ3) is 6.72. The van der Waals surface area contributed by atoms with Gasteiger partial charge in [-0.1, -0.05) is 0 Å². The highest BCUT2D eigenvalue weighted by Crippen LogP contribution is 2.01. The monoisotopic (exact) mass is 284 g/mol. The number of carboxylic acid groups (broad SMARTS) is 2. The molecule has 0 amide bonds. The molecule has 0 radical (unpaired) electrons. The van der Waals surface area contributed by atoms with Crippen molar-refractivity contribution >= 4 is 24.6 Å². The summed E-state index contributed by atoms with van der Waals surface area (Å²) in [7, 11) is 0. The van der Waals surface area contributed by atoms with E-state index in [1.54, 1.807) is 0 Å². The summed E-state index contributed by atoms with van der Waals surface area (Å²) >= 11 is 0. The molecule has 2 aliphatic heterocycles. The van der Waals surface area contributed by atoms with Gasteiger partial charge in [-0.15, -0.1) is 0 Å². The summed E-state index contributed by atoms with van der Waals surface area (Å²) in [5, 5.41) is 20.5. The van der Waals surface area contributed by atoms with Crippen molar-refractivity contribution in [3.8, 4) is 0 Å². The van der Waals surface area contributed by atoms with Crippen molar-refractivity contribution in [3.05, 3.63) is 0 Å². The van der Waals surface area contributed by atoms with Gasteiger partial charge in [-0.05, 0) is 12.8 Å². The molecule has 0 spiro atoms. The van der Waals surface area contributed by atoms with Crippen molar-refractivity contribution < 1.29 is 19.8 Å². The fourth-order valence-electron chi connectivity index (χ4n) is 1.68. The number of carbonyl (C=O) groups is 2. The zero-order chi connectivity index (χ0) is 14.8. The molecule has 0 aromatic heterocycles. The standard InChI is InChI=1S/C6H10N4.C6H10O4/c1-3-9(5-7-1)10-4-2-8-6-10;7-5(8)3-1-2-4-6(9)10/h5-6H,1-4H2;1-4H2,(H,7,8)(H,9,10). The molecule has 0 unspecified atom stereocenters. The molecule has 2 aliphatic rings. The summed E-state index contributed by atoms with van der Waals surface area (Å²) in [6.45, 7) is 3.85. The van der Waals surface area contributed by atoms with Crippen LogP contribution in [0.15, 0.2) is 9.98 Å². The lowest BCUT2D eigenvalue weighted by Gasteiger charge is -2.24. The van der Waals surface area contributed by atoms with Crippen LogP contribution in [0.3, 0.4) is 0 Å². The topological polar surface area (TPSA) is 106 Å². The predicted molar refractivity (Wildman–Crippen MR) is 73.9 cm³/mol. The number of nitrogens with zero attached hydrogens (tertiary/aromatic N) is 4. The van der Waals surface area contributed by atoms with Crippen LogP contribution in [0.2, 0.25) is 0 Å². The molecule has 112 valence electrons. The molecule has 8 heteroatoms. The van der Waals surface area contributed by atoms with Crippen molar-refractivity contribution in [2.45, 2.75) is 25.7 Å². The molecule has 0 bridgehead atoms. The van der Waals surface area contributed by atoms with E-state index in [9.17, 15) is 9.59 Å². The minimum Gasteiger partial charge on any atom is -0.481 e. The molecule has 2 rings (SSSR count). The van der Waals surface area contributed by atoms with Crippen molar-refractivity contribution in [3.63, 3.8) is 0 Å². The maximum atomic E-state index is 9.90. The maximum Gasteiger partial charge on any atom is 0.303 e. The molecular weight excluding hydrogens is 264 g/mol. The van der Waals surface area contributed by atoms with Crippen LogP contribution >= 0.6 is 0 Å². The van der Waals surface area contributed by atoms with Crippen LogP contribution in [0.1, 0.15) is 25.7 Å². The van der Waals surface area contributed by atoms with Crippen molar-refractivity contribution in [1.29, 1.82) is 0 Å². The van der Waals surface area contributed by atoms with Gasteiger partial charge in [0, 0.05) is 12.8 Å². The fraction of sp³-hybridized carbons (Fsp3) is 0.667. The molecule has 2 heterocycles. The SMILES string of the molecule is C1=NCCN1N1C=NCC1.O=C(O)CCCCC(=O)O. The number of aliphatic carboxylic acids is 2. The normalized spacial score (nSPS) is 16.2. The Hall–Kier alpha value is -2.12. The number of aliphatic imine (C=N–C) groups is 2. The van der Waals surface area contributed by atoms with Crippen molar-refractivity contribution in [1.82, 2.24) is 10.0 Å². The quantitative estimate of drug-likeness (QED) is 0.680. The lowest BCUT2D eigenvalue weighted by Crippen LogP contribution is -2.38. The molecule has 2 N–H and O–H groups in total. The molecule has 0 aliphatic carbocycles. The predicted octanol–water partition coefficient (Wildman–Crippen LogP) is 0.305. The van der Waals surface area contributed by atoms with E-state index in [1.165, 1.54) is 0 Å².